The Morgan fingerprint density at radius 1 is 1.53 bits per heavy atom. The van der Waals surface area contributed by atoms with Gasteiger partial charge in [-0.1, -0.05) is 6.07 Å². The summed E-state index contributed by atoms with van der Waals surface area (Å²) in [6.45, 7) is 0. The quantitative estimate of drug-likeness (QED) is 0.352. The van der Waals surface area contributed by atoms with Crippen LogP contribution in [0.5, 0.6) is 0 Å². The van der Waals surface area contributed by atoms with Crippen LogP contribution in [0.1, 0.15) is 4.88 Å². The van der Waals surface area contributed by atoms with Crippen LogP contribution in [0, 0.1) is 15.5 Å². The number of nitrogens with two attached hydrogens (primary N) is 1. The van der Waals surface area contributed by atoms with Gasteiger partial charge in [0.25, 0.3) is 5.69 Å². The number of hydrogen-bond acceptors (Lipinski definition) is 4. The first kappa shape index (κ1) is 9.60. The largest absolute Gasteiger partial charge is 0.383 e. The molecule has 3 N–H and O–H groups in total. The summed E-state index contributed by atoms with van der Waals surface area (Å²) in [6, 6.07) is 6.43. The van der Waals surface area contributed by atoms with E-state index in [1.807, 2.05) is 0 Å². The van der Waals surface area contributed by atoms with E-state index in [9.17, 15) is 10.1 Å². The number of non-ortho nitro benzene ring substituents is 1. The van der Waals surface area contributed by atoms with Crippen LogP contribution in [0.15, 0.2) is 24.3 Å². The number of benzene rings is 1. The van der Waals surface area contributed by atoms with Crippen LogP contribution >= 0.6 is 11.3 Å². The van der Waals surface area contributed by atoms with Crippen molar-refractivity contribution in [2.45, 2.75) is 0 Å². The molecule has 0 radical (unpaired) electrons. The third kappa shape index (κ3) is 1.55. The summed E-state index contributed by atoms with van der Waals surface area (Å²) in [5.41, 5.74) is 5.38. The third-order valence-electron chi connectivity index (χ3n) is 2.00. The molecular formula is C9H7N3O2S. The molecule has 0 saturated heterocycles. The topological polar surface area (TPSA) is 93.0 Å². The van der Waals surface area contributed by atoms with Gasteiger partial charge in [0, 0.05) is 10.8 Å². The number of hydrogen-bond donors (Lipinski definition) is 2. The van der Waals surface area contributed by atoms with Crippen molar-refractivity contribution >= 4 is 32.9 Å². The van der Waals surface area contributed by atoms with Crippen LogP contribution < -0.4 is 5.73 Å². The van der Waals surface area contributed by atoms with Gasteiger partial charge in [0.2, 0.25) is 0 Å². The fourth-order valence-electron chi connectivity index (χ4n) is 1.34. The van der Waals surface area contributed by atoms with Crippen molar-refractivity contribution in [2.24, 2.45) is 5.73 Å². The number of amidine groups is 1. The molecule has 2 rings (SSSR count). The Kier molecular flexibility index (Phi) is 2.12. The molecule has 0 aliphatic carbocycles. The van der Waals surface area contributed by atoms with E-state index >= 15 is 0 Å². The molecule has 76 valence electrons. The number of thiophene rings is 1. The second kappa shape index (κ2) is 3.32. The molecule has 6 heteroatoms. The van der Waals surface area contributed by atoms with Gasteiger partial charge in [-0.2, -0.15) is 0 Å². The molecule has 5 nitrogen and oxygen atoms in total. The molecule has 0 fully saturated rings. The molecule has 0 aliphatic rings. The minimum atomic E-state index is -0.432. The molecule has 0 aliphatic heterocycles. The standard InChI is InChI=1S/C9H7N3O2S/c10-9(11)8-4-5-6(12(13)14)2-1-3-7(5)15-8/h1-4H,(H3,10,11). The van der Waals surface area contributed by atoms with Gasteiger partial charge in [0.15, 0.2) is 0 Å². The van der Waals surface area contributed by atoms with Crippen molar-refractivity contribution in [3.8, 4) is 0 Å². The van der Waals surface area contributed by atoms with Crippen molar-refractivity contribution in [3.63, 3.8) is 0 Å². The summed E-state index contributed by atoms with van der Waals surface area (Å²) < 4.78 is 0.773. The zero-order valence-electron chi connectivity index (χ0n) is 7.56. The van der Waals surface area contributed by atoms with Gasteiger partial charge in [-0.25, -0.2) is 0 Å². The Morgan fingerprint density at radius 2 is 2.27 bits per heavy atom. The van der Waals surface area contributed by atoms with Crippen molar-refractivity contribution < 1.29 is 4.92 Å². The number of nitrogens with zero attached hydrogens (tertiary/aromatic N) is 1. The van der Waals surface area contributed by atoms with Crippen molar-refractivity contribution in [2.75, 3.05) is 0 Å². The molecular weight excluding hydrogens is 214 g/mol. The molecule has 0 saturated carbocycles. The highest BCUT2D eigenvalue weighted by Crippen LogP contribution is 2.32. The van der Waals surface area contributed by atoms with Crippen molar-refractivity contribution in [1.29, 1.82) is 5.41 Å². The van der Waals surface area contributed by atoms with Crippen LogP contribution in [0.25, 0.3) is 10.1 Å². The maximum absolute atomic E-state index is 10.7. The molecule has 0 spiro atoms. The molecule has 1 aromatic heterocycles. The highest BCUT2D eigenvalue weighted by molar-refractivity contribution is 7.20. The van der Waals surface area contributed by atoms with E-state index < -0.39 is 4.92 Å². The fraction of sp³-hybridized carbons (Fsp3) is 0. The molecule has 0 amide bonds. The third-order valence-corrected chi connectivity index (χ3v) is 3.13. The molecule has 1 aromatic carbocycles. The van der Waals surface area contributed by atoms with E-state index in [0.29, 0.717) is 10.3 Å². The lowest BCUT2D eigenvalue weighted by atomic mass is 10.2. The molecule has 0 unspecified atom stereocenters. The average Bonchev–Trinajstić information content (AvgIpc) is 2.60. The number of nitro groups is 1. The zero-order valence-corrected chi connectivity index (χ0v) is 8.38. The second-order valence-corrected chi connectivity index (χ2v) is 4.05. The van der Waals surface area contributed by atoms with E-state index in [1.54, 1.807) is 18.2 Å². The summed E-state index contributed by atoms with van der Waals surface area (Å²) in [5, 5.41) is 18.5. The lowest BCUT2D eigenvalue weighted by molar-refractivity contribution is -0.383. The normalized spacial score (nSPS) is 10.4. The van der Waals surface area contributed by atoms with Gasteiger partial charge in [-0.15, -0.1) is 11.3 Å². The summed E-state index contributed by atoms with van der Waals surface area (Å²) >= 11 is 1.28. The summed E-state index contributed by atoms with van der Waals surface area (Å²) in [7, 11) is 0. The van der Waals surface area contributed by atoms with Gasteiger partial charge >= 0.3 is 0 Å². The first-order chi connectivity index (χ1) is 7.09. The van der Waals surface area contributed by atoms with Crippen LogP contribution in [0.3, 0.4) is 0 Å². The van der Waals surface area contributed by atoms with Gasteiger partial charge in [0.1, 0.15) is 5.84 Å². The predicted octanol–water partition coefficient (Wildman–Crippen LogP) is 2.09. The molecule has 1 heterocycles. The van der Waals surface area contributed by atoms with E-state index in [1.165, 1.54) is 17.4 Å². The first-order valence-corrected chi connectivity index (χ1v) is 4.92. The Morgan fingerprint density at radius 3 is 2.87 bits per heavy atom. The van der Waals surface area contributed by atoms with Crippen molar-refractivity contribution in [1.82, 2.24) is 0 Å². The first-order valence-electron chi connectivity index (χ1n) is 4.11. The minimum Gasteiger partial charge on any atom is -0.383 e. The Hall–Kier alpha value is -1.95. The predicted molar refractivity (Wildman–Crippen MR) is 59.5 cm³/mol. The van der Waals surface area contributed by atoms with E-state index in [-0.39, 0.29) is 11.5 Å². The minimum absolute atomic E-state index is 0.0521. The van der Waals surface area contributed by atoms with E-state index in [4.69, 9.17) is 11.1 Å². The highest BCUT2D eigenvalue weighted by atomic mass is 32.1. The molecule has 0 bridgehead atoms. The summed E-state index contributed by atoms with van der Waals surface area (Å²) in [4.78, 5) is 10.8. The van der Waals surface area contributed by atoms with Gasteiger partial charge in [0.05, 0.1) is 15.2 Å². The Balaban J connectivity index is 2.75. The lowest BCUT2D eigenvalue weighted by Gasteiger charge is -1.91. The number of nitro benzene ring substituents is 1. The Bertz CT molecular complexity index is 561. The monoisotopic (exact) mass is 221 g/mol. The SMILES string of the molecule is N=C(N)c1cc2c([N+](=O)[O-])cccc2s1. The van der Waals surface area contributed by atoms with Crippen LogP contribution in [0.2, 0.25) is 0 Å². The summed E-state index contributed by atoms with van der Waals surface area (Å²) in [6.07, 6.45) is 0. The number of nitrogens with one attached hydrogen (secondary N) is 1. The Labute approximate surface area is 88.8 Å². The van der Waals surface area contributed by atoms with E-state index in [0.717, 1.165) is 4.70 Å². The fourth-order valence-corrected chi connectivity index (χ4v) is 2.28. The smallest absolute Gasteiger partial charge is 0.278 e. The zero-order chi connectivity index (χ0) is 11.0. The number of nitrogen functional groups attached to an aromatic ring is 1. The van der Waals surface area contributed by atoms with E-state index in [2.05, 4.69) is 0 Å². The highest BCUT2D eigenvalue weighted by Gasteiger charge is 2.14. The second-order valence-electron chi connectivity index (χ2n) is 2.97. The maximum Gasteiger partial charge on any atom is 0.278 e. The molecule has 0 atom stereocenters. The van der Waals surface area contributed by atoms with Gasteiger partial charge < -0.3 is 5.73 Å². The van der Waals surface area contributed by atoms with Crippen LogP contribution in [-0.4, -0.2) is 10.8 Å². The molecule has 15 heavy (non-hydrogen) atoms. The maximum atomic E-state index is 10.7. The van der Waals surface area contributed by atoms with Crippen LogP contribution in [-0.2, 0) is 0 Å². The van der Waals surface area contributed by atoms with Gasteiger partial charge in [-0.05, 0) is 12.1 Å². The average molecular weight is 221 g/mol. The number of fused-ring (bicyclic) bond motifs is 1. The molecule has 2 aromatic rings. The van der Waals surface area contributed by atoms with Gasteiger partial charge in [-0.3, -0.25) is 15.5 Å². The number of rotatable bonds is 2. The lowest BCUT2D eigenvalue weighted by Crippen LogP contribution is -2.08. The summed E-state index contributed by atoms with van der Waals surface area (Å²) in [5.74, 6) is -0.0644. The van der Waals surface area contributed by atoms with Crippen molar-refractivity contribution in [3.05, 3.63) is 39.3 Å². The van der Waals surface area contributed by atoms with Crippen LogP contribution in [0.4, 0.5) is 5.69 Å².